The maximum Gasteiger partial charge on any atom is 0.329 e. The van der Waals surface area contributed by atoms with Gasteiger partial charge >= 0.3 is 5.97 Å². The predicted octanol–water partition coefficient (Wildman–Crippen LogP) is 3.52. The first-order chi connectivity index (χ1) is 12.4. The summed E-state index contributed by atoms with van der Waals surface area (Å²) in [6, 6.07) is 6.87. The number of thioether (sulfide) groups is 1. The molecular formula is C19H24N2O4S. The van der Waals surface area contributed by atoms with Crippen molar-refractivity contribution in [3.8, 4) is 0 Å². The van der Waals surface area contributed by atoms with Gasteiger partial charge in [0.1, 0.15) is 6.04 Å². The zero-order valence-electron chi connectivity index (χ0n) is 15.5. The summed E-state index contributed by atoms with van der Waals surface area (Å²) in [5, 5.41) is -0.457. The van der Waals surface area contributed by atoms with Crippen LogP contribution in [-0.4, -0.2) is 47.8 Å². The van der Waals surface area contributed by atoms with Crippen molar-refractivity contribution in [1.82, 2.24) is 4.90 Å². The van der Waals surface area contributed by atoms with Gasteiger partial charge in [-0.15, -0.1) is 0 Å². The van der Waals surface area contributed by atoms with Gasteiger partial charge in [0, 0.05) is 18.8 Å². The molecule has 1 aromatic carbocycles. The minimum atomic E-state index is -0.932. The van der Waals surface area contributed by atoms with Gasteiger partial charge in [-0.05, 0) is 63.2 Å². The lowest BCUT2D eigenvalue weighted by molar-refractivity contribution is -0.150. The number of hydrogen-bond donors (Lipinski definition) is 0. The van der Waals surface area contributed by atoms with Crippen LogP contribution in [0.2, 0.25) is 0 Å². The maximum absolute atomic E-state index is 12.5. The van der Waals surface area contributed by atoms with Crippen LogP contribution in [0.3, 0.4) is 0 Å². The lowest BCUT2D eigenvalue weighted by atomic mass is 10.1. The third-order valence-corrected chi connectivity index (χ3v) is 5.04. The average molecular weight is 376 g/mol. The van der Waals surface area contributed by atoms with Crippen molar-refractivity contribution < 1.29 is 19.1 Å². The normalized spacial score (nSPS) is 16.9. The van der Waals surface area contributed by atoms with E-state index in [4.69, 9.17) is 4.74 Å². The van der Waals surface area contributed by atoms with Gasteiger partial charge in [-0.3, -0.25) is 14.5 Å². The Morgan fingerprint density at radius 1 is 1.19 bits per heavy atom. The Morgan fingerprint density at radius 2 is 1.81 bits per heavy atom. The molecule has 1 aliphatic rings. The number of imide groups is 1. The van der Waals surface area contributed by atoms with Crippen LogP contribution in [0.5, 0.6) is 0 Å². The Kier molecular flexibility index (Phi) is 6.85. The number of carbonyl (C=O) groups is 3. The summed E-state index contributed by atoms with van der Waals surface area (Å²) in [6.07, 6.45) is 1.68. The molecule has 1 fully saturated rings. The van der Waals surface area contributed by atoms with E-state index in [1.54, 1.807) is 13.0 Å². The molecule has 1 aromatic rings. The quantitative estimate of drug-likeness (QED) is 0.536. The van der Waals surface area contributed by atoms with E-state index < -0.39 is 23.2 Å². The Balaban J connectivity index is 2.18. The first-order valence-electron chi connectivity index (χ1n) is 8.71. The molecule has 2 amide bonds. The monoisotopic (exact) mass is 376 g/mol. The smallest absolute Gasteiger partial charge is 0.329 e. The molecule has 0 radical (unpaired) electrons. The van der Waals surface area contributed by atoms with Crippen LogP contribution < -0.4 is 4.90 Å². The van der Waals surface area contributed by atoms with Crippen molar-refractivity contribution in [2.45, 2.75) is 33.7 Å². The van der Waals surface area contributed by atoms with Crippen LogP contribution in [0.4, 0.5) is 10.5 Å². The van der Waals surface area contributed by atoms with E-state index in [9.17, 15) is 14.4 Å². The van der Waals surface area contributed by atoms with Crippen LogP contribution in [-0.2, 0) is 14.3 Å². The van der Waals surface area contributed by atoms with Gasteiger partial charge in [-0.25, -0.2) is 4.79 Å². The second-order valence-corrected chi connectivity index (χ2v) is 6.74. The Labute approximate surface area is 158 Å². The zero-order chi connectivity index (χ0) is 19.3. The standard InChI is InChI=1S/C19H24N2O4S/c1-5-20(6-2)15-10-8-14(9-11-15)12-16-17(22)21(19(24)26-16)13(4)18(23)25-7-3/h8-13H,5-7H2,1-4H3/b16-12+/t13-/m1/s1. The van der Waals surface area contributed by atoms with Crippen LogP contribution in [0.1, 0.15) is 33.3 Å². The number of amides is 2. The summed E-state index contributed by atoms with van der Waals surface area (Å²) in [4.78, 5) is 40.0. The molecule has 26 heavy (non-hydrogen) atoms. The molecule has 1 heterocycles. The van der Waals surface area contributed by atoms with E-state index in [1.807, 2.05) is 24.3 Å². The second-order valence-electron chi connectivity index (χ2n) is 5.74. The first-order valence-corrected chi connectivity index (χ1v) is 9.53. The topological polar surface area (TPSA) is 66.9 Å². The molecule has 1 aliphatic heterocycles. The fraction of sp³-hybridized carbons (Fsp3) is 0.421. The molecule has 140 valence electrons. The van der Waals surface area contributed by atoms with E-state index >= 15 is 0 Å². The predicted molar refractivity (Wildman–Crippen MR) is 104 cm³/mol. The van der Waals surface area contributed by atoms with Crippen molar-refractivity contribution >= 4 is 40.6 Å². The molecule has 0 unspecified atom stereocenters. The molecule has 0 spiro atoms. The first kappa shape index (κ1) is 20.0. The number of hydrogen-bond acceptors (Lipinski definition) is 6. The van der Waals surface area contributed by atoms with E-state index in [0.29, 0.717) is 4.91 Å². The van der Waals surface area contributed by atoms with Gasteiger partial charge in [-0.2, -0.15) is 0 Å². The summed E-state index contributed by atoms with van der Waals surface area (Å²) in [6.45, 7) is 9.40. The van der Waals surface area contributed by atoms with Gasteiger partial charge in [0.2, 0.25) is 0 Å². The van der Waals surface area contributed by atoms with Crippen LogP contribution in [0.25, 0.3) is 6.08 Å². The molecule has 0 aromatic heterocycles. The lowest BCUT2D eigenvalue weighted by Gasteiger charge is -2.20. The highest BCUT2D eigenvalue weighted by Crippen LogP contribution is 2.34. The fourth-order valence-electron chi connectivity index (χ4n) is 2.70. The molecule has 6 nitrogen and oxygen atoms in total. The number of rotatable bonds is 7. The average Bonchev–Trinajstić information content (AvgIpc) is 2.90. The summed E-state index contributed by atoms with van der Waals surface area (Å²) in [5.74, 6) is -1.05. The van der Waals surface area contributed by atoms with Crippen molar-refractivity contribution in [2.24, 2.45) is 0 Å². The summed E-state index contributed by atoms with van der Waals surface area (Å²) < 4.78 is 4.90. The van der Waals surface area contributed by atoms with E-state index in [2.05, 4.69) is 18.7 Å². The van der Waals surface area contributed by atoms with Crippen LogP contribution >= 0.6 is 11.8 Å². The molecule has 2 rings (SSSR count). The number of benzene rings is 1. The highest BCUT2D eigenvalue weighted by molar-refractivity contribution is 8.18. The highest BCUT2D eigenvalue weighted by atomic mass is 32.2. The molecular weight excluding hydrogens is 352 g/mol. The number of esters is 1. The third-order valence-electron chi connectivity index (χ3n) is 4.16. The SMILES string of the molecule is CCOC(=O)[C@@H](C)N1C(=O)S/C(=C/c2ccc(N(CC)CC)cc2)C1=O. The summed E-state index contributed by atoms with van der Waals surface area (Å²) >= 11 is 0.840. The Morgan fingerprint density at radius 3 is 2.35 bits per heavy atom. The number of carbonyl (C=O) groups excluding carboxylic acids is 3. The van der Waals surface area contributed by atoms with Crippen molar-refractivity contribution in [3.05, 3.63) is 34.7 Å². The van der Waals surface area contributed by atoms with E-state index in [-0.39, 0.29) is 6.61 Å². The van der Waals surface area contributed by atoms with Gasteiger partial charge in [-0.1, -0.05) is 12.1 Å². The lowest BCUT2D eigenvalue weighted by Crippen LogP contribution is -2.42. The molecule has 0 aliphatic carbocycles. The summed E-state index contributed by atoms with van der Waals surface area (Å²) in [5.41, 5.74) is 1.94. The minimum Gasteiger partial charge on any atom is -0.464 e. The number of ether oxygens (including phenoxy) is 1. The maximum atomic E-state index is 12.5. The third kappa shape index (κ3) is 4.27. The van der Waals surface area contributed by atoms with Gasteiger partial charge in [0.05, 0.1) is 11.5 Å². The minimum absolute atomic E-state index is 0.203. The Hall–Kier alpha value is -2.28. The molecule has 0 N–H and O–H groups in total. The van der Waals surface area contributed by atoms with Gasteiger partial charge in [0.25, 0.3) is 11.1 Å². The molecule has 7 heteroatoms. The summed E-state index contributed by atoms with van der Waals surface area (Å²) in [7, 11) is 0. The number of nitrogens with zero attached hydrogens (tertiary/aromatic N) is 2. The van der Waals surface area contributed by atoms with Crippen LogP contribution in [0.15, 0.2) is 29.2 Å². The highest BCUT2D eigenvalue weighted by Gasteiger charge is 2.41. The van der Waals surface area contributed by atoms with E-state index in [1.165, 1.54) is 6.92 Å². The van der Waals surface area contributed by atoms with E-state index in [0.717, 1.165) is 41.0 Å². The van der Waals surface area contributed by atoms with Crippen molar-refractivity contribution in [3.63, 3.8) is 0 Å². The van der Waals surface area contributed by atoms with Crippen LogP contribution in [0, 0.1) is 0 Å². The van der Waals surface area contributed by atoms with Gasteiger partial charge in [0.15, 0.2) is 0 Å². The second kappa shape index (κ2) is 8.89. The zero-order valence-corrected chi connectivity index (χ0v) is 16.3. The molecule has 1 saturated heterocycles. The van der Waals surface area contributed by atoms with Crippen molar-refractivity contribution in [2.75, 3.05) is 24.6 Å². The molecule has 0 saturated carbocycles. The van der Waals surface area contributed by atoms with Gasteiger partial charge < -0.3 is 9.64 Å². The molecule has 0 bridgehead atoms. The van der Waals surface area contributed by atoms with Crippen molar-refractivity contribution in [1.29, 1.82) is 0 Å². The largest absolute Gasteiger partial charge is 0.464 e. The molecule has 1 atom stereocenters. The fourth-order valence-corrected chi connectivity index (χ4v) is 3.61. The Bertz CT molecular complexity index is 711. The number of anilines is 1.